The van der Waals surface area contributed by atoms with Crippen LogP contribution in [0.1, 0.15) is 22.3 Å². The van der Waals surface area contributed by atoms with Crippen molar-refractivity contribution in [2.45, 2.75) is 5.41 Å². The molecule has 2 aromatic heterocycles. The summed E-state index contributed by atoms with van der Waals surface area (Å²) >= 11 is 0. The highest BCUT2D eigenvalue weighted by molar-refractivity contribution is 6.13. The number of benzene rings is 10. The summed E-state index contributed by atoms with van der Waals surface area (Å²) in [4.78, 5) is 17.7. The fourth-order valence-corrected chi connectivity index (χ4v) is 10.5. The lowest BCUT2D eigenvalue weighted by molar-refractivity contribution is 0.669. The Labute approximate surface area is 400 Å². The second-order valence-corrected chi connectivity index (χ2v) is 17.5. The molecule has 0 aliphatic heterocycles. The van der Waals surface area contributed by atoms with Gasteiger partial charge in [0.05, 0.1) is 5.41 Å². The second-order valence-electron chi connectivity index (χ2n) is 17.5. The molecule has 5 heteroatoms. The zero-order chi connectivity index (χ0) is 45.7. The Kier molecular flexibility index (Phi) is 9.65. The fraction of sp³-hybridized carbons (Fsp3) is 0.0156. The van der Waals surface area contributed by atoms with Gasteiger partial charge in [-0.3, -0.25) is 0 Å². The van der Waals surface area contributed by atoms with Crippen LogP contribution in [-0.2, 0) is 5.41 Å². The quantitative estimate of drug-likeness (QED) is 0.145. The highest BCUT2D eigenvalue weighted by atomic mass is 16.3. The summed E-state index contributed by atoms with van der Waals surface area (Å²) in [6.45, 7) is 0. The SMILES string of the molecule is c1ccc(-c2ccc(N(c3ccc4c(c3)C(c3ccccc3)(c3ccccc3)c3ccccc3-4)c3ccc4oc5cccc(-c6nc(-c7ccccc7)nc(-c7ccccc7)n6)c5c4c3)cc2)cc1. The van der Waals surface area contributed by atoms with E-state index in [1.807, 2.05) is 72.8 Å². The molecule has 5 nitrogen and oxygen atoms in total. The summed E-state index contributed by atoms with van der Waals surface area (Å²) < 4.78 is 6.69. The molecule has 0 radical (unpaired) electrons. The average molecular weight is 883 g/mol. The zero-order valence-corrected chi connectivity index (χ0v) is 37.4. The molecule has 10 aromatic carbocycles. The van der Waals surface area contributed by atoms with E-state index in [2.05, 4.69) is 187 Å². The van der Waals surface area contributed by atoms with Crippen molar-refractivity contribution in [1.82, 2.24) is 15.0 Å². The second kappa shape index (κ2) is 16.6. The van der Waals surface area contributed by atoms with Crippen molar-refractivity contribution in [3.05, 3.63) is 277 Å². The third-order valence-electron chi connectivity index (χ3n) is 13.6. The van der Waals surface area contributed by atoms with Crippen LogP contribution in [0.3, 0.4) is 0 Å². The molecule has 1 aliphatic carbocycles. The normalized spacial score (nSPS) is 12.5. The molecular weight excluding hydrogens is 841 g/mol. The van der Waals surface area contributed by atoms with E-state index in [1.54, 1.807) is 0 Å². The Morgan fingerprint density at radius 2 is 0.797 bits per heavy atom. The smallest absolute Gasteiger partial charge is 0.164 e. The van der Waals surface area contributed by atoms with Gasteiger partial charge in [-0.15, -0.1) is 0 Å². The third kappa shape index (κ3) is 6.74. The van der Waals surface area contributed by atoms with Crippen LogP contribution in [0.25, 0.3) is 78.4 Å². The molecule has 324 valence electrons. The number of anilines is 3. The van der Waals surface area contributed by atoms with Gasteiger partial charge in [0.25, 0.3) is 0 Å². The average Bonchev–Trinajstić information content (AvgIpc) is 3.96. The monoisotopic (exact) mass is 882 g/mol. The summed E-state index contributed by atoms with van der Waals surface area (Å²) in [5, 5.41) is 1.90. The van der Waals surface area contributed by atoms with E-state index >= 15 is 0 Å². The molecule has 0 unspecified atom stereocenters. The van der Waals surface area contributed by atoms with Crippen molar-refractivity contribution in [1.29, 1.82) is 0 Å². The highest BCUT2D eigenvalue weighted by Crippen LogP contribution is 2.57. The first-order chi connectivity index (χ1) is 34.2. The molecule has 69 heavy (non-hydrogen) atoms. The maximum Gasteiger partial charge on any atom is 0.164 e. The van der Waals surface area contributed by atoms with Gasteiger partial charge in [0, 0.05) is 44.5 Å². The molecular formula is C64H42N4O. The van der Waals surface area contributed by atoms with Crippen LogP contribution >= 0.6 is 0 Å². The molecule has 0 saturated heterocycles. The van der Waals surface area contributed by atoms with Gasteiger partial charge in [-0.1, -0.05) is 206 Å². The maximum absolute atomic E-state index is 6.69. The van der Waals surface area contributed by atoms with E-state index in [1.165, 1.54) is 38.9 Å². The molecule has 0 N–H and O–H groups in total. The van der Waals surface area contributed by atoms with Crippen LogP contribution < -0.4 is 4.90 Å². The van der Waals surface area contributed by atoms with Crippen molar-refractivity contribution in [3.63, 3.8) is 0 Å². The van der Waals surface area contributed by atoms with Crippen LogP contribution in [0.2, 0.25) is 0 Å². The number of nitrogens with zero attached hydrogens (tertiary/aromatic N) is 4. The molecule has 0 amide bonds. The predicted octanol–water partition coefficient (Wildman–Crippen LogP) is 16.3. The molecule has 0 atom stereocenters. The largest absolute Gasteiger partial charge is 0.456 e. The first kappa shape index (κ1) is 40.1. The molecule has 0 spiro atoms. The zero-order valence-electron chi connectivity index (χ0n) is 37.4. The minimum Gasteiger partial charge on any atom is -0.456 e. The van der Waals surface area contributed by atoms with Gasteiger partial charge in [0.1, 0.15) is 11.2 Å². The van der Waals surface area contributed by atoms with Crippen molar-refractivity contribution >= 4 is 39.0 Å². The van der Waals surface area contributed by atoms with Gasteiger partial charge in [-0.25, -0.2) is 15.0 Å². The number of hydrogen-bond donors (Lipinski definition) is 0. The Morgan fingerprint density at radius 3 is 1.43 bits per heavy atom. The molecule has 1 aliphatic rings. The number of hydrogen-bond acceptors (Lipinski definition) is 5. The lowest BCUT2D eigenvalue weighted by Gasteiger charge is -2.35. The van der Waals surface area contributed by atoms with Gasteiger partial charge < -0.3 is 9.32 Å². The van der Waals surface area contributed by atoms with E-state index in [-0.39, 0.29) is 0 Å². The Hall–Kier alpha value is -9.19. The van der Waals surface area contributed by atoms with Crippen molar-refractivity contribution < 1.29 is 4.42 Å². The molecule has 0 bridgehead atoms. The van der Waals surface area contributed by atoms with Crippen LogP contribution in [0.15, 0.2) is 259 Å². The van der Waals surface area contributed by atoms with E-state index in [0.717, 1.165) is 61.3 Å². The number of fused-ring (bicyclic) bond motifs is 6. The highest BCUT2D eigenvalue weighted by Gasteiger charge is 2.46. The van der Waals surface area contributed by atoms with Crippen LogP contribution in [0, 0.1) is 0 Å². The summed E-state index contributed by atoms with van der Waals surface area (Å²) in [5.41, 5.74) is 16.5. The van der Waals surface area contributed by atoms with Gasteiger partial charge in [-0.05, 0) is 93.0 Å². The van der Waals surface area contributed by atoms with E-state index in [9.17, 15) is 0 Å². The lowest BCUT2D eigenvalue weighted by Crippen LogP contribution is -2.28. The van der Waals surface area contributed by atoms with E-state index in [4.69, 9.17) is 19.4 Å². The Bertz CT molecular complexity index is 3720. The van der Waals surface area contributed by atoms with E-state index < -0.39 is 5.41 Å². The maximum atomic E-state index is 6.69. The Balaban J connectivity index is 1.03. The number of furan rings is 1. The van der Waals surface area contributed by atoms with Crippen molar-refractivity contribution in [2.24, 2.45) is 0 Å². The first-order valence-corrected chi connectivity index (χ1v) is 23.3. The number of rotatable bonds is 9. The fourth-order valence-electron chi connectivity index (χ4n) is 10.5. The summed E-state index contributed by atoms with van der Waals surface area (Å²) in [6, 6.07) is 90.2. The van der Waals surface area contributed by atoms with Gasteiger partial charge >= 0.3 is 0 Å². The van der Waals surface area contributed by atoms with Crippen molar-refractivity contribution in [2.75, 3.05) is 4.90 Å². The third-order valence-corrected chi connectivity index (χ3v) is 13.6. The van der Waals surface area contributed by atoms with E-state index in [0.29, 0.717) is 17.5 Å². The lowest BCUT2D eigenvalue weighted by atomic mass is 9.67. The van der Waals surface area contributed by atoms with Gasteiger partial charge in [-0.2, -0.15) is 0 Å². The summed E-state index contributed by atoms with van der Waals surface area (Å²) in [6.07, 6.45) is 0. The Morgan fingerprint density at radius 1 is 0.319 bits per heavy atom. The minimum absolute atomic E-state index is 0.561. The molecule has 0 fully saturated rings. The van der Waals surface area contributed by atoms with Crippen LogP contribution in [-0.4, -0.2) is 15.0 Å². The first-order valence-electron chi connectivity index (χ1n) is 23.3. The van der Waals surface area contributed by atoms with Gasteiger partial charge in [0.15, 0.2) is 17.5 Å². The predicted molar refractivity (Wildman–Crippen MR) is 281 cm³/mol. The number of aromatic nitrogens is 3. The molecule has 13 rings (SSSR count). The minimum atomic E-state index is -0.561. The topological polar surface area (TPSA) is 55.1 Å². The van der Waals surface area contributed by atoms with Crippen molar-refractivity contribution in [3.8, 4) is 56.4 Å². The molecule has 0 saturated carbocycles. The molecule has 2 heterocycles. The van der Waals surface area contributed by atoms with Gasteiger partial charge in [0.2, 0.25) is 0 Å². The summed E-state index contributed by atoms with van der Waals surface area (Å²) in [5.74, 6) is 1.79. The summed E-state index contributed by atoms with van der Waals surface area (Å²) in [7, 11) is 0. The standard InChI is InChI=1S/C64H42N4O/c1-6-19-43(20-7-1)44-33-35-49(36-34-44)68(51-37-39-53-52-29-16-17-31-56(52)64(57(53)42-51,47-25-12-4-13-26-47)48-27-14-5-15-28-48)50-38-40-58-55(41-50)60-54(30-18-32-59(60)69-58)63-66-61(45-21-8-2-9-22-45)65-62(67-63)46-23-10-3-11-24-46/h1-42H. The molecule has 12 aromatic rings. The van der Waals surface area contributed by atoms with Crippen LogP contribution in [0.4, 0.5) is 17.1 Å². The van der Waals surface area contributed by atoms with Crippen LogP contribution in [0.5, 0.6) is 0 Å².